The van der Waals surface area contributed by atoms with Gasteiger partial charge in [0.15, 0.2) is 0 Å². The molecule has 3 fully saturated rings. The molecule has 1 aromatic carbocycles. The number of likely N-dealkylation sites (tertiary alicyclic amines) is 1. The quantitative estimate of drug-likeness (QED) is 0.437. The van der Waals surface area contributed by atoms with Crippen LogP contribution in [0.5, 0.6) is 5.75 Å². The molecule has 2 aliphatic heterocycles. The number of halogens is 1. The fraction of sp³-hybridized carbons (Fsp3) is 0.571. The zero-order valence-electron chi connectivity index (χ0n) is 23.9. The number of benzene rings is 1. The molecule has 12 nitrogen and oxygen atoms in total. The maximum Gasteiger partial charge on any atom is 0.354 e. The second-order valence-corrected chi connectivity index (χ2v) is 12.1. The van der Waals surface area contributed by atoms with E-state index >= 15 is 0 Å². The summed E-state index contributed by atoms with van der Waals surface area (Å²) in [7, 11) is 0. The number of ether oxygens (including phenoxy) is 1. The summed E-state index contributed by atoms with van der Waals surface area (Å²) in [5, 5.41) is 2.68. The van der Waals surface area contributed by atoms with E-state index in [2.05, 4.69) is 22.1 Å². The summed E-state index contributed by atoms with van der Waals surface area (Å²) in [5.74, 6) is 0.753. The van der Waals surface area contributed by atoms with Gasteiger partial charge in [0, 0.05) is 57.5 Å². The van der Waals surface area contributed by atoms with E-state index in [9.17, 15) is 14.4 Å². The summed E-state index contributed by atoms with van der Waals surface area (Å²) in [6.45, 7) is 9.83. The fourth-order valence-electron chi connectivity index (χ4n) is 5.84. The molecule has 0 bridgehead atoms. The van der Waals surface area contributed by atoms with Crippen LogP contribution in [0.3, 0.4) is 0 Å². The largest absolute Gasteiger partial charge is 0.492 e. The van der Waals surface area contributed by atoms with Crippen LogP contribution in [0.4, 0.5) is 10.6 Å². The Hall–Kier alpha value is -3.19. The number of aromatic nitrogens is 2. The van der Waals surface area contributed by atoms with Crippen LogP contribution in [0.15, 0.2) is 41.3 Å². The van der Waals surface area contributed by atoms with Crippen molar-refractivity contribution in [3.63, 3.8) is 0 Å². The second kappa shape index (κ2) is 12.0. The van der Waals surface area contributed by atoms with Gasteiger partial charge in [-0.2, -0.15) is 4.98 Å². The number of rotatable bonds is 7. The topological polar surface area (TPSA) is 152 Å². The number of carbonyl (C=O) groups is 2. The Morgan fingerprint density at radius 2 is 1.71 bits per heavy atom. The maximum absolute atomic E-state index is 12.7. The lowest BCUT2D eigenvalue weighted by Gasteiger charge is -2.60. The molecule has 13 heteroatoms. The van der Waals surface area contributed by atoms with Crippen LogP contribution in [-0.4, -0.2) is 99.7 Å². The lowest BCUT2D eigenvalue weighted by molar-refractivity contribution is -0.137. The zero-order chi connectivity index (χ0) is 28.7. The number of amides is 3. The van der Waals surface area contributed by atoms with Gasteiger partial charge in [-0.05, 0) is 69.4 Å². The monoisotopic (exact) mass is 588 g/mol. The predicted octanol–water partition coefficient (Wildman–Crippen LogP) is 1.26. The Morgan fingerprint density at radius 3 is 2.27 bits per heavy atom. The third-order valence-electron chi connectivity index (χ3n) is 8.14. The molecule has 1 aliphatic carbocycles. The van der Waals surface area contributed by atoms with Crippen molar-refractivity contribution >= 4 is 30.2 Å². The van der Waals surface area contributed by atoms with Crippen LogP contribution >= 0.6 is 12.4 Å². The van der Waals surface area contributed by atoms with E-state index in [0.29, 0.717) is 56.0 Å². The summed E-state index contributed by atoms with van der Waals surface area (Å²) in [6, 6.07) is 9.19. The van der Waals surface area contributed by atoms with E-state index < -0.39 is 11.2 Å². The number of nitrogens with one attached hydrogen (secondary N) is 1. The van der Waals surface area contributed by atoms with Gasteiger partial charge in [0.1, 0.15) is 18.2 Å². The van der Waals surface area contributed by atoms with Crippen molar-refractivity contribution in [3.8, 4) is 11.4 Å². The van der Waals surface area contributed by atoms with Gasteiger partial charge >= 0.3 is 11.7 Å². The van der Waals surface area contributed by atoms with Crippen molar-refractivity contribution in [3.05, 3.63) is 47.0 Å². The molecule has 5 rings (SSSR count). The lowest BCUT2D eigenvalue weighted by atomic mass is 9.60. The molecule has 1 aromatic heterocycles. The van der Waals surface area contributed by atoms with Gasteiger partial charge in [-0.25, -0.2) is 9.59 Å². The molecule has 3 aliphatic rings. The van der Waals surface area contributed by atoms with Gasteiger partial charge in [-0.3, -0.25) is 19.6 Å². The number of hydrogen-bond acceptors (Lipinski definition) is 8. The highest BCUT2D eigenvalue weighted by atomic mass is 35.5. The first-order valence-electron chi connectivity index (χ1n) is 13.9. The molecule has 2 saturated heterocycles. The highest BCUT2D eigenvalue weighted by Gasteiger charge is 2.52. The minimum Gasteiger partial charge on any atom is -0.492 e. The SMILES string of the molecule is CC(COc1ccc(-n2ccc(NC(=O)N3CCN(C(=O)C(C)(C)N)CC3)nc2=O)cc1)N1CC2(CC(N)C2)C1.Cl. The van der Waals surface area contributed by atoms with E-state index in [1.54, 1.807) is 48.0 Å². The van der Waals surface area contributed by atoms with Crippen molar-refractivity contribution < 1.29 is 14.3 Å². The van der Waals surface area contributed by atoms with Gasteiger partial charge in [-0.15, -0.1) is 12.4 Å². The molecular weight excluding hydrogens is 548 g/mol. The van der Waals surface area contributed by atoms with Crippen molar-refractivity contribution in [1.82, 2.24) is 24.3 Å². The number of hydrogen-bond donors (Lipinski definition) is 3. The molecule has 1 unspecified atom stereocenters. The number of nitrogens with two attached hydrogens (primary N) is 2. The van der Waals surface area contributed by atoms with Crippen LogP contribution in [0.25, 0.3) is 5.69 Å². The maximum atomic E-state index is 12.7. The second-order valence-electron chi connectivity index (χ2n) is 12.1. The van der Waals surface area contributed by atoms with Crippen LogP contribution in [0, 0.1) is 5.41 Å². The Balaban J connectivity index is 0.00000387. The molecule has 5 N–H and O–H groups in total. The third kappa shape index (κ3) is 6.83. The average Bonchev–Trinajstić information content (AvgIpc) is 2.88. The summed E-state index contributed by atoms with van der Waals surface area (Å²) >= 11 is 0. The minimum atomic E-state index is -0.951. The number of anilines is 1. The molecule has 1 atom stereocenters. The molecule has 3 heterocycles. The highest BCUT2D eigenvalue weighted by Crippen LogP contribution is 2.48. The Bertz CT molecular complexity index is 1290. The predicted molar refractivity (Wildman–Crippen MR) is 159 cm³/mol. The first-order chi connectivity index (χ1) is 18.9. The van der Waals surface area contributed by atoms with Crippen LogP contribution < -0.4 is 27.2 Å². The number of nitrogens with zero attached hydrogens (tertiary/aromatic N) is 5. The van der Waals surface area contributed by atoms with Crippen LogP contribution in [0.2, 0.25) is 0 Å². The Morgan fingerprint density at radius 1 is 1.10 bits per heavy atom. The van der Waals surface area contributed by atoms with Gasteiger partial charge in [0.2, 0.25) is 5.91 Å². The Labute approximate surface area is 246 Å². The molecular formula is C28H41ClN8O4. The van der Waals surface area contributed by atoms with Gasteiger partial charge in [0.25, 0.3) is 0 Å². The summed E-state index contributed by atoms with van der Waals surface area (Å²) < 4.78 is 7.40. The molecule has 41 heavy (non-hydrogen) atoms. The number of piperazine rings is 1. The standard InChI is InChI=1S/C28H40N8O4.ClH/c1-19(35-17-28(18-35)14-20(29)15-28)16-40-22-6-4-21(5-7-22)36-9-8-23(32-26(36)39)31-25(38)34-12-10-33(11-13-34)24(37)27(2,3)30;/h4-9,19-20H,10-18,29-30H2,1-3H3,(H,31,32,38,39);1H. The van der Waals surface area contributed by atoms with Gasteiger partial charge in [-0.1, -0.05) is 0 Å². The molecule has 2 aromatic rings. The molecule has 3 amide bonds. The van der Waals surface area contributed by atoms with Crippen LogP contribution in [0.1, 0.15) is 33.6 Å². The summed E-state index contributed by atoms with van der Waals surface area (Å²) in [5.41, 5.74) is 11.5. The normalized spacial score (nSPS) is 19.5. The third-order valence-corrected chi connectivity index (χ3v) is 8.14. The zero-order valence-corrected chi connectivity index (χ0v) is 24.7. The van der Waals surface area contributed by atoms with Gasteiger partial charge < -0.3 is 26.0 Å². The first-order valence-corrected chi connectivity index (χ1v) is 13.9. The minimum absolute atomic E-state index is 0. The molecule has 1 spiro atoms. The van der Waals surface area contributed by atoms with Crippen LogP contribution in [-0.2, 0) is 4.79 Å². The van der Waals surface area contributed by atoms with E-state index in [1.165, 1.54) is 4.57 Å². The van der Waals surface area contributed by atoms with E-state index in [-0.39, 0.29) is 30.2 Å². The van der Waals surface area contributed by atoms with Crippen molar-refractivity contribution in [2.24, 2.45) is 16.9 Å². The van der Waals surface area contributed by atoms with Crippen molar-refractivity contribution in [2.75, 3.05) is 51.2 Å². The van der Waals surface area contributed by atoms with E-state index in [4.69, 9.17) is 16.2 Å². The van der Waals surface area contributed by atoms with E-state index in [0.717, 1.165) is 31.7 Å². The average molecular weight is 589 g/mol. The van der Waals surface area contributed by atoms with Gasteiger partial charge in [0.05, 0.1) is 11.2 Å². The molecule has 0 radical (unpaired) electrons. The first kappa shape index (κ1) is 30.8. The molecule has 224 valence electrons. The lowest BCUT2D eigenvalue weighted by Crippen LogP contribution is -2.67. The summed E-state index contributed by atoms with van der Waals surface area (Å²) in [4.78, 5) is 47.5. The highest BCUT2D eigenvalue weighted by molar-refractivity contribution is 5.89. The van der Waals surface area contributed by atoms with Crippen molar-refractivity contribution in [2.45, 2.75) is 51.2 Å². The molecule has 1 saturated carbocycles. The van der Waals surface area contributed by atoms with Crippen molar-refractivity contribution in [1.29, 1.82) is 0 Å². The Kier molecular flexibility index (Phi) is 8.98. The van der Waals surface area contributed by atoms with E-state index in [1.807, 2.05) is 12.1 Å². The number of urea groups is 1. The fourth-order valence-corrected chi connectivity index (χ4v) is 5.84. The number of carbonyl (C=O) groups excluding carboxylic acids is 2. The summed E-state index contributed by atoms with van der Waals surface area (Å²) in [6.07, 6.45) is 3.85. The smallest absolute Gasteiger partial charge is 0.354 e.